The number of benzene rings is 1. The molecule has 1 aromatic rings. The summed E-state index contributed by atoms with van der Waals surface area (Å²) in [7, 11) is 0. The lowest BCUT2D eigenvalue weighted by Gasteiger charge is -2.13. The van der Waals surface area contributed by atoms with Gasteiger partial charge in [0.15, 0.2) is 0 Å². The van der Waals surface area contributed by atoms with Crippen LogP contribution in [-0.4, -0.2) is 30.6 Å². The molecule has 1 atom stereocenters. The zero-order chi connectivity index (χ0) is 15.9. The van der Waals surface area contributed by atoms with Gasteiger partial charge in [-0.15, -0.1) is 0 Å². The summed E-state index contributed by atoms with van der Waals surface area (Å²) in [5.74, 6) is -0.0889. The van der Waals surface area contributed by atoms with Crippen LogP contribution in [0.3, 0.4) is 0 Å². The lowest BCUT2D eigenvalue weighted by Crippen LogP contribution is -2.29. The number of rotatable bonds is 7. The summed E-state index contributed by atoms with van der Waals surface area (Å²) in [6.45, 7) is 2.95. The Morgan fingerprint density at radius 2 is 1.90 bits per heavy atom. The summed E-state index contributed by atoms with van der Waals surface area (Å²) < 4.78 is 37.2. The van der Waals surface area contributed by atoms with Gasteiger partial charge in [-0.25, -0.2) is 0 Å². The largest absolute Gasteiger partial charge is 0.416 e. The molecule has 0 saturated carbocycles. The second-order valence-corrected chi connectivity index (χ2v) is 4.54. The van der Waals surface area contributed by atoms with Crippen LogP contribution in [-0.2, 0) is 11.0 Å². The molecule has 0 aliphatic heterocycles. The third kappa shape index (κ3) is 6.14. The number of aliphatic hydroxyl groups excluding tert-OH is 1. The topological polar surface area (TPSA) is 61.4 Å². The molecule has 1 unspecified atom stereocenters. The molecule has 1 rings (SSSR count). The maximum atomic E-state index is 12.4. The van der Waals surface area contributed by atoms with Gasteiger partial charge in [0.1, 0.15) is 0 Å². The van der Waals surface area contributed by atoms with E-state index in [-0.39, 0.29) is 18.9 Å². The number of amides is 1. The second kappa shape index (κ2) is 7.99. The number of nitrogens with one attached hydrogen (secondary N) is 2. The van der Waals surface area contributed by atoms with Crippen LogP contribution >= 0.6 is 0 Å². The van der Waals surface area contributed by atoms with Gasteiger partial charge in [-0.05, 0) is 24.6 Å². The molecule has 0 spiro atoms. The molecule has 0 radical (unpaired) electrons. The Bertz CT molecular complexity index is 447. The van der Waals surface area contributed by atoms with Gasteiger partial charge >= 0.3 is 6.18 Å². The van der Waals surface area contributed by atoms with Crippen molar-refractivity contribution in [2.75, 3.05) is 19.6 Å². The fourth-order valence-corrected chi connectivity index (χ4v) is 1.74. The molecule has 3 N–H and O–H groups in total. The summed E-state index contributed by atoms with van der Waals surface area (Å²) in [5, 5.41) is 15.4. The van der Waals surface area contributed by atoms with Crippen molar-refractivity contribution >= 4 is 5.91 Å². The van der Waals surface area contributed by atoms with Gasteiger partial charge in [0, 0.05) is 26.1 Å². The van der Waals surface area contributed by atoms with Gasteiger partial charge in [0.05, 0.1) is 11.7 Å². The van der Waals surface area contributed by atoms with Crippen LogP contribution < -0.4 is 10.6 Å². The van der Waals surface area contributed by atoms with E-state index in [9.17, 15) is 23.1 Å². The van der Waals surface area contributed by atoms with Crippen molar-refractivity contribution in [3.05, 3.63) is 35.4 Å². The molecule has 4 nitrogen and oxygen atoms in total. The van der Waals surface area contributed by atoms with Crippen molar-refractivity contribution in [1.29, 1.82) is 0 Å². The zero-order valence-electron chi connectivity index (χ0n) is 11.7. The Morgan fingerprint density at radius 3 is 2.43 bits per heavy atom. The van der Waals surface area contributed by atoms with Gasteiger partial charge in [-0.3, -0.25) is 4.79 Å². The van der Waals surface area contributed by atoms with E-state index in [0.717, 1.165) is 12.1 Å². The van der Waals surface area contributed by atoms with Crippen molar-refractivity contribution < 1.29 is 23.1 Å². The standard InChI is InChI=1S/C14H19F3N2O2/c1-2-19-13(21)7-8-18-9-12(20)10-3-5-11(6-4-10)14(15,16)17/h3-6,12,18,20H,2,7-9H2,1H3,(H,19,21). The predicted octanol–water partition coefficient (Wildman–Crippen LogP) is 1.85. The number of halogens is 3. The fraction of sp³-hybridized carbons (Fsp3) is 0.500. The SMILES string of the molecule is CCNC(=O)CCNCC(O)c1ccc(C(F)(F)F)cc1. The minimum absolute atomic E-state index is 0.0889. The van der Waals surface area contributed by atoms with Crippen LogP contribution in [0.2, 0.25) is 0 Å². The molecule has 0 heterocycles. The Kier molecular flexibility index (Phi) is 6.64. The van der Waals surface area contributed by atoms with E-state index >= 15 is 0 Å². The predicted molar refractivity (Wildman–Crippen MR) is 72.6 cm³/mol. The van der Waals surface area contributed by atoms with Crippen LogP contribution in [0.15, 0.2) is 24.3 Å². The van der Waals surface area contributed by atoms with E-state index in [1.165, 1.54) is 12.1 Å². The van der Waals surface area contributed by atoms with Crippen LogP contribution in [0.1, 0.15) is 30.6 Å². The van der Waals surface area contributed by atoms with Gasteiger partial charge in [0.25, 0.3) is 0 Å². The minimum Gasteiger partial charge on any atom is -0.387 e. The van der Waals surface area contributed by atoms with Gasteiger partial charge in [-0.2, -0.15) is 13.2 Å². The van der Waals surface area contributed by atoms with E-state index in [1.54, 1.807) is 0 Å². The zero-order valence-corrected chi connectivity index (χ0v) is 11.7. The molecule has 118 valence electrons. The first-order valence-corrected chi connectivity index (χ1v) is 6.67. The summed E-state index contributed by atoms with van der Waals surface area (Å²) in [5.41, 5.74) is -0.351. The molecular formula is C14H19F3N2O2. The van der Waals surface area contributed by atoms with Gasteiger partial charge < -0.3 is 15.7 Å². The number of aliphatic hydroxyl groups is 1. The highest BCUT2D eigenvalue weighted by Gasteiger charge is 2.30. The summed E-state index contributed by atoms with van der Waals surface area (Å²) in [4.78, 5) is 11.2. The number of carbonyl (C=O) groups is 1. The second-order valence-electron chi connectivity index (χ2n) is 4.54. The first-order valence-electron chi connectivity index (χ1n) is 6.67. The normalized spacial score (nSPS) is 13.0. The Balaban J connectivity index is 2.38. The lowest BCUT2D eigenvalue weighted by molar-refractivity contribution is -0.137. The maximum Gasteiger partial charge on any atom is 0.416 e. The van der Waals surface area contributed by atoms with E-state index in [1.807, 2.05) is 6.92 Å². The van der Waals surface area contributed by atoms with E-state index in [0.29, 0.717) is 18.7 Å². The highest BCUT2D eigenvalue weighted by Crippen LogP contribution is 2.29. The Morgan fingerprint density at radius 1 is 1.29 bits per heavy atom. The van der Waals surface area contributed by atoms with E-state index in [4.69, 9.17) is 0 Å². The van der Waals surface area contributed by atoms with Gasteiger partial charge in [0.2, 0.25) is 5.91 Å². The van der Waals surface area contributed by atoms with E-state index in [2.05, 4.69) is 10.6 Å². The first kappa shape index (κ1) is 17.5. The van der Waals surface area contributed by atoms with Crippen molar-refractivity contribution in [2.45, 2.75) is 25.6 Å². The number of hydrogen-bond donors (Lipinski definition) is 3. The van der Waals surface area contributed by atoms with Gasteiger partial charge in [-0.1, -0.05) is 12.1 Å². The average Bonchev–Trinajstić information content (AvgIpc) is 2.43. The van der Waals surface area contributed by atoms with Crippen LogP contribution in [0, 0.1) is 0 Å². The summed E-state index contributed by atoms with van der Waals surface area (Å²) in [6, 6.07) is 4.37. The Hall–Kier alpha value is -1.60. The minimum atomic E-state index is -4.38. The molecule has 0 aromatic heterocycles. The fourth-order valence-electron chi connectivity index (χ4n) is 1.74. The molecule has 7 heteroatoms. The van der Waals surface area contributed by atoms with Crippen molar-refractivity contribution in [3.8, 4) is 0 Å². The van der Waals surface area contributed by atoms with Crippen molar-refractivity contribution in [3.63, 3.8) is 0 Å². The van der Waals surface area contributed by atoms with Crippen LogP contribution in [0.25, 0.3) is 0 Å². The highest BCUT2D eigenvalue weighted by molar-refractivity contribution is 5.75. The molecule has 0 bridgehead atoms. The van der Waals surface area contributed by atoms with Crippen LogP contribution in [0.5, 0.6) is 0 Å². The molecule has 0 fully saturated rings. The smallest absolute Gasteiger partial charge is 0.387 e. The van der Waals surface area contributed by atoms with Crippen molar-refractivity contribution in [1.82, 2.24) is 10.6 Å². The monoisotopic (exact) mass is 304 g/mol. The first-order chi connectivity index (χ1) is 9.84. The third-order valence-corrected chi connectivity index (χ3v) is 2.86. The Labute approximate surface area is 121 Å². The summed E-state index contributed by atoms with van der Waals surface area (Å²) >= 11 is 0. The van der Waals surface area contributed by atoms with Crippen LogP contribution in [0.4, 0.5) is 13.2 Å². The maximum absolute atomic E-state index is 12.4. The molecule has 0 aliphatic rings. The highest BCUT2D eigenvalue weighted by atomic mass is 19.4. The molecule has 21 heavy (non-hydrogen) atoms. The molecule has 0 saturated heterocycles. The lowest BCUT2D eigenvalue weighted by atomic mass is 10.1. The summed E-state index contributed by atoms with van der Waals surface area (Å²) in [6.07, 6.45) is -5.01. The third-order valence-electron chi connectivity index (χ3n) is 2.86. The molecule has 0 aliphatic carbocycles. The van der Waals surface area contributed by atoms with E-state index < -0.39 is 17.8 Å². The quantitative estimate of drug-likeness (QED) is 0.674. The average molecular weight is 304 g/mol. The van der Waals surface area contributed by atoms with Crippen molar-refractivity contribution in [2.24, 2.45) is 0 Å². The molecule has 1 amide bonds. The number of alkyl halides is 3. The molecular weight excluding hydrogens is 285 g/mol. The number of hydrogen-bond acceptors (Lipinski definition) is 3. The molecule has 1 aromatic carbocycles. The number of carbonyl (C=O) groups excluding carboxylic acids is 1.